The van der Waals surface area contributed by atoms with Gasteiger partial charge in [0, 0.05) is 6.54 Å². The van der Waals surface area contributed by atoms with Crippen molar-refractivity contribution < 1.29 is 4.74 Å². The topological polar surface area (TPSA) is 72.0 Å². The molecule has 0 spiro atoms. The van der Waals surface area contributed by atoms with Crippen molar-refractivity contribution in [1.82, 2.24) is 15.2 Å². The average molecular weight is 315 g/mol. The van der Waals surface area contributed by atoms with Crippen LogP contribution in [0.3, 0.4) is 0 Å². The number of rotatable bonds is 9. The van der Waals surface area contributed by atoms with Crippen molar-refractivity contribution in [2.75, 3.05) is 17.2 Å². The van der Waals surface area contributed by atoms with Crippen molar-refractivity contribution in [3.8, 4) is 5.75 Å². The van der Waals surface area contributed by atoms with Crippen LogP contribution in [0.4, 0.5) is 17.5 Å². The lowest BCUT2D eigenvalue weighted by molar-refractivity contribution is 0.244. The molecule has 0 atom stereocenters. The van der Waals surface area contributed by atoms with Gasteiger partial charge < -0.3 is 15.4 Å². The van der Waals surface area contributed by atoms with E-state index in [1.807, 2.05) is 38.1 Å². The maximum absolute atomic E-state index is 5.79. The van der Waals surface area contributed by atoms with Crippen molar-refractivity contribution in [2.45, 2.75) is 46.1 Å². The van der Waals surface area contributed by atoms with Gasteiger partial charge in [-0.2, -0.15) is 10.1 Å². The molecule has 0 aliphatic rings. The maximum atomic E-state index is 5.79. The highest BCUT2D eigenvalue weighted by molar-refractivity contribution is 5.62. The molecule has 0 aliphatic heterocycles. The second-order valence-corrected chi connectivity index (χ2v) is 5.59. The predicted molar refractivity (Wildman–Crippen MR) is 93.3 cm³/mol. The molecule has 2 N–H and O–H groups in total. The molecular formula is C17H25N5O. The smallest absolute Gasteiger partial charge is 0.249 e. The lowest BCUT2D eigenvalue weighted by Crippen LogP contribution is -2.09. The first kappa shape index (κ1) is 17.0. The molecule has 2 aromatic rings. The number of unbranched alkanes of at least 4 members (excludes halogenated alkanes) is 2. The number of hydrogen-bond donors (Lipinski definition) is 2. The number of anilines is 3. The average Bonchev–Trinajstić information content (AvgIpc) is 2.53. The third-order valence-electron chi connectivity index (χ3n) is 3.14. The minimum absolute atomic E-state index is 0.101. The van der Waals surface area contributed by atoms with Crippen molar-refractivity contribution in [3.63, 3.8) is 0 Å². The zero-order chi connectivity index (χ0) is 16.5. The summed E-state index contributed by atoms with van der Waals surface area (Å²) < 4.78 is 5.79. The van der Waals surface area contributed by atoms with Crippen LogP contribution in [0, 0.1) is 0 Å². The van der Waals surface area contributed by atoms with Crippen molar-refractivity contribution in [2.24, 2.45) is 0 Å². The quantitative estimate of drug-likeness (QED) is 0.681. The highest BCUT2D eigenvalue weighted by atomic mass is 16.5. The Morgan fingerprint density at radius 3 is 2.78 bits per heavy atom. The van der Waals surface area contributed by atoms with Gasteiger partial charge in [0.15, 0.2) is 5.82 Å². The van der Waals surface area contributed by atoms with Crippen molar-refractivity contribution in [3.05, 3.63) is 30.5 Å². The summed E-state index contributed by atoms with van der Waals surface area (Å²) in [7, 11) is 0. The van der Waals surface area contributed by atoms with Crippen LogP contribution in [0.1, 0.15) is 40.0 Å². The predicted octanol–water partition coefficient (Wildman–Crippen LogP) is 4.00. The Balaban J connectivity index is 2.03. The van der Waals surface area contributed by atoms with E-state index in [4.69, 9.17) is 4.74 Å². The molecule has 2 rings (SSSR count). The molecule has 0 radical (unpaired) electrons. The van der Waals surface area contributed by atoms with E-state index in [-0.39, 0.29) is 6.10 Å². The Morgan fingerprint density at radius 2 is 2.00 bits per heavy atom. The zero-order valence-corrected chi connectivity index (χ0v) is 14.0. The van der Waals surface area contributed by atoms with Gasteiger partial charge in [-0.1, -0.05) is 31.9 Å². The number of aromatic nitrogens is 3. The van der Waals surface area contributed by atoms with Gasteiger partial charge in [0.25, 0.3) is 0 Å². The molecule has 1 heterocycles. The summed E-state index contributed by atoms with van der Waals surface area (Å²) >= 11 is 0. The van der Waals surface area contributed by atoms with Crippen LogP contribution in [0.2, 0.25) is 0 Å². The number of nitrogens with zero attached hydrogens (tertiary/aromatic N) is 3. The highest BCUT2D eigenvalue weighted by Gasteiger charge is 2.07. The van der Waals surface area contributed by atoms with Crippen LogP contribution in [0.5, 0.6) is 5.75 Å². The van der Waals surface area contributed by atoms with Gasteiger partial charge in [-0.05, 0) is 32.4 Å². The molecule has 0 bridgehead atoms. The maximum Gasteiger partial charge on any atom is 0.249 e. The van der Waals surface area contributed by atoms with Gasteiger partial charge in [0.1, 0.15) is 5.75 Å². The molecule has 124 valence electrons. The lowest BCUT2D eigenvalue weighted by Gasteiger charge is -2.14. The van der Waals surface area contributed by atoms with E-state index in [1.165, 1.54) is 12.8 Å². The van der Waals surface area contributed by atoms with Gasteiger partial charge in [0.05, 0.1) is 18.0 Å². The summed E-state index contributed by atoms with van der Waals surface area (Å²) in [6, 6.07) is 7.73. The fourth-order valence-corrected chi connectivity index (χ4v) is 2.08. The van der Waals surface area contributed by atoms with Gasteiger partial charge >= 0.3 is 0 Å². The molecule has 6 nitrogen and oxygen atoms in total. The summed E-state index contributed by atoms with van der Waals surface area (Å²) in [5.41, 5.74) is 0.825. The molecule has 0 amide bonds. The number of nitrogens with one attached hydrogen (secondary N) is 2. The first-order valence-electron chi connectivity index (χ1n) is 8.15. The molecule has 0 fully saturated rings. The van der Waals surface area contributed by atoms with E-state index in [2.05, 4.69) is 32.7 Å². The molecule has 0 saturated heterocycles. The normalized spacial score (nSPS) is 10.6. The van der Waals surface area contributed by atoms with E-state index in [0.717, 1.165) is 30.2 Å². The first-order chi connectivity index (χ1) is 11.2. The third-order valence-corrected chi connectivity index (χ3v) is 3.14. The fourth-order valence-electron chi connectivity index (χ4n) is 2.08. The van der Waals surface area contributed by atoms with Crippen LogP contribution in [-0.2, 0) is 0 Å². The molecule has 0 saturated carbocycles. The Kier molecular flexibility index (Phi) is 6.59. The lowest BCUT2D eigenvalue weighted by atomic mass is 10.2. The largest absolute Gasteiger partial charge is 0.489 e. The summed E-state index contributed by atoms with van der Waals surface area (Å²) in [6.45, 7) is 7.06. The van der Waals surface area contributed by atoms with Gasteiger partial charge in [-0.25, -0.2) is 0 Å². The van der Waals surface area contributed by atoms with Gasteiger partial charge in [-0.3, -0.25) is 0 Å². The summed E-state index contributed by atoms with van der Waals surface area (Å²) in [5.74, 6) is 1.94. The standard InChI is InChI=1S/C17H25N5O/c1-4-5-8-11-18-16-12-19-22-17(21-16)20-14-9-6-7-10-15(14)23-13(2)3/h6-7,9-10,12-13H,4-5,8,11H2,1-3H3,(H2,18,20,21,22). The monoisotopic (exact) mass is 315 g/mol. The van der Waals surface area contributed by atoms with Crippen LogP contribution >= 0.6 is 0 Å². The summed E-state index contributed by atoms with van der Waals surface area (Å²) in [4.78, 5) is 4.43. The van der Waals surface area contributed by atoms with Crippen LogP contribution in [-0.4, -0.2) is 27.8 Å². The number of para-hydroxylation sites is 2. The molecular weight excluding hydrogens is 290 g/mol. The van der Waals surface area contributed by atoms with E-state index in [0.29, 0.717) is 5.95 Å². The molecule has 23 heavy (non-hydrogen) atoms. The second kappa shape index (κ2) is 8.92. The first-order valence-corrected chi connectivity index (χ1v) is 8.15. The van der Waals surface area contributed by atoms with E-state index < -0.39 is 0 Å². The fraction of sp³-hybridized carbons (Fsp3) is 0.471. The van der Waals surface area contributed by atoms with Crippen LogP contribution in [0.25, 0.3) is 0 Å². The Bertz CT molecular complexity index is 603. The Labute approximate surface area is 137 Å². The number of benzene rings is 1. The van der Waals surface area contributed by atoms with Crippen LogP contribution in [0.15, 0.2) is 30.5 Å². The van der Waals surface area contributed by atoms with E-state index >= 15 is 0 Å². The van der Waals surface area contributed by atoms with Gasteiger partial charge in [-0.15, -0.1) is 5.10 Å². The van der Waals surface area contributed by atoms with Gasteiger partial charge in [0.2, 0.25) is 5.95 Å². The molecule has 0 unspecified atom stereocenters. The molecule has 1 aromatic carbocycles. The zero-order valence-electron chi connectivity index (χ0n) is 14.0. The minimum Gasteiger partial charge on any atom is -0.489 e. The SMILES string of the molecule is CCCCCNc1cnnc(Nc2ccccc2OC(C)C)n1. The summed E-state index contributed by atoms with van der Waals surface area (Å²) in [5, 5.41) is 14.5. The van der Waals surface area contributed by atoms with Crippen molar-refractivity contribution in [1.29, 1.82) is 0 Å². The summed E-state index contributed by atoms with van der Waals surface area (Å²) in [6.07, 6.45) is 5.25. The molecule has 6 heteroatoms. The highest BCUT2D eigenvalue weighted by Crippen LogP contribution is 2.27. The third kappa shape index (κ3) is 5.73. The van der Waals surface area contributed by atoms with Crippen LogP contribution < -0.4 is 15.4 Å². The molecule has 0 aliphatic carbocycles. The van der Waals surface area contributed by atoms with E-state index in [9.17, 15) is 0 Å². The van der Waals surface area contributed by atoms with Crippen molar-refractivity contribution >= 4 is 17.5 Å². The molecule has 1 aromatic heterocycles. The number of ether oxygens (including phenoxy) is 1. The van der Waals surface area contributed by atoms with E-state index in [1.54, 1.807) is 6.20 Å². The second-order valence-electron chi connectivity index (χ2n) is 5.59. The minimum atomic E-state index is 0.101. The Hall–Kier alpha value is -2.37. The Morgan fingerprint density at radius 1 is 1.17 bits per heavy atom. The number of hydrogen-bond acceptors (Lipinski definition) is 6.